The van der Waals surface area contributed by atoms with Crippen molar-refractivity contribution in [3.8, 4) is 0 Å². The van der Waals surface area contributed by atoms with Crippen LogP contribution in [0.5, 0.6) is 0 Å². The Morgan fingerprint density at radius 2 is 1.76 bits per heavy atom. The van der Waals surface area contributed by atoms with Gasteiger partial charge in [-0.1, -0.05) is 41.4 Å². The molecule has 1 N–H and O–H groups in total. The summed E-state index contributed by atoms with van der Waals surface area (Å²) in [6.07, 6.45) is 0.438. The predicted molar refractivity (Wildman–Crippen MR) is 116 cm³/mol. The second kappa shape index (κ2) is 10.4. The summed E-state index contributed by atoms with van der Waals surface area (Å²) in [6, 6.07) is 9.73. The number of sulfonamides is 1. The lowest BCUT2D eigenvalue weighted by Crippen LogP contribution is -2.39. The molecule has 29 heavy (non-hydrogen) atoms. The van der Waals surface area contributed by atoms with Gasteiger partial charge in [0.25, 0.3) is 0 Å². The van der Waals surface area contributed by atoms with Crippen LogP contribution in [0.2, 0.25) is 10.0 Å². The smallest absolute Gasteiger partial charge is 0.243 e. The van der Waals surface area contributed by atoms with Gasteiger partial charge in [-0.05, 0) is 49.6 Å². The Morgan fingerprint density at radius 3 is 2.34 bits per heavy atom. The first kappa shape index (κ1) is 23.6. The fourth-order valence-electron chi connectivity index (χ4n) is 2.81. The van der Waals surface area contributed by atoms with Crippen LogP contribution in [0.1, 0.15) is 17.5 Å². The summed E-state index contributed by atoms with van der Waals surface area (Å²) in [6.45, 7) is 3.92. The zero-order valence-electron chi connectivity index (χ0n) is 16.5. The van der Waals surface area contributed by atoms with Gasteiger partial charge in [0.05, 0.1) is 21.5 Å². The number of anilines is 1. The van der Waals surface area contributed by atoms with Crippen LogP contribution >= 0.6 is 23.2 Å². The van der Waals surface area contributed by atoms with Crippen LogP contribution in [-0.2, 0) is 19.6 Å². The number of rotatable bonds is 9. The molecule has 2 aromatic carbocycles. The zero-order valence-corrected chi connectivity index (χ0v) is 18.9. The molecule has 0 aliphatic carbocycles. The van der Waals surface area contributed by atoms with Crippen LogP contribution in [0.15, 0.2) is 41.3 Å². The number of halogens is 2. The highest BCUT2D eigenvalue weighted by molar-refractivity contribution is 7.89. The van der Waals surface area contributed by atoms with Crippen molar-refractivity contribution >= 4 is 44.8 Å². The van der Waals surface area contributed by atoms with Crippen LogP contribution in [0.25, 0.3) is 0 Å². The lowest BCUT2D eigenvalue weighted by Gasteiger charge is -2.22. The Balaban J connectivity index is 2.27. The van der Waals surface area contributed by atoms with E-state index in [0.29, 0.717) is 18.7 Å². The predicted octanol–water partition coefficient (Wildman–Crippen LogP) is 4.28. The maximum atomic E-state index is 13.1. The van der Waals surface area contributed by atoms with Gasteiger partial charge in [0.15, 0.2) is 0 Å². The number of benzene rings is 2. The standard InChI is InChI=1S/C20H24Cl2N2O4S/c1-14-6-4-7-15(2)20(14)23-19(25)13-24(10-5-11-28-3)29(26,27)16-8-9-17(21)18(22)12-16/h4,6-9,12H,5,10-11,13H2,1-3H3,(H,23,25). The van der Waals surface area contributed by atoms with E-state index in [4.69, 9.17) is 27.9 Å². The van der Waals surface area contributed by atoms with Gasteiger partial charge in [0.2, 0.25) is 15.9 Å². The van der Waals surface area contributed by atoms with Gasteiger partial charge in [-0.2, -0.15) is 4.31 Å². The van der Waals surface area contributed by atoms with E-state index in [1.165, 1.54) is 25.3 Å². The zero-order chi connectivity index (χ0) is 21.6. The third-order valence-electron chi connectivity index (χ3n) is 4.35. The number of amides is 1. The van der Waals surface area contributed by atoms with Crippen molar-refractivity contribution in [3.05, 3.63) is 57.6 Å². The summed E-state index contributed by atoms with van der Waals surface area (Å²) in [5.41, 5.74) is 2.48. The van der Waals surface area contributed by atoms with E-state index in [1.54, 1.807) is 0 Å². The average Bonchev–Trinajstić information content (AvgIpc) is 2.66. The van der Waals surface area contributed by atoms with Crippen LogP contribution in [0.4, 0.5) is 5.69 Å². The molecule has 9 heteroatoms. The summed E-state index contributed by atoms with van der Waals surface area (Å²) in [4.78, 5) is 12.6. The molecule has 0 fully saturated rings. The minimum absolute atomic E-state index is 0.0239. The number of carbonyl (C=O) groups excluding carboxylic acids is 1. The SMILES string of the molecule is COCCCN(CC(=O)Nc1c(C)cccc1C)S(=O)(=O)c1ccc(Cl)c(Cl)c1. The monoisotopic (exact) mass is 458 g/mol. The molecule has 0 aromatic heterocycles. The lowest BCUT2D eigenvalue weighted by molar-refractivity contribution is -0.116. The second-order valence-corrected chi connectivity index (χ2v) is 9.33. The van der Waals surface area contributed by atoms with Crippen LogP contribution in [-0.4, -0.2) is 45.4 Å². The Hall–Kier alpha value is -1.64. The number of hydrogen-bond acceptors (Lipinski definition) is 4. The largest absolute Gasteiger partial charge is 0.385 e. The van der Waals surface area contributed by atoms with Crippen molar-refractivity contribution in [2.45, 2.75) is 25.2 Å². The van der Waals surface area contributed by atoms with E-state index in [0.717, 1.165) is 15.4 Å². The summed E-state index contributed by atoms with van der Waals surface area (Å²) < 4.78 is 32.4. The highest BCUT2D eigenvalue weighted by Crippen LogP contribution is 2.27. The number of hydrogen-bond donors (Lipinski definition) is 1. The van der Waals surface area contributed by atoms with E-state index in [1.807, 2.05) is 32.0 Å². The minimum Gasteiger partial charge on any atom is -0.385 e. The van der Waals surface area contributed by atoms with E-state index < -0.39 is 15.9 Å². The lowest BCUT2D eigenvalue weighted by atomic mass is 10.1. The van der Waals surface area contributed by atoms with Crippen molar-refractivity contribution < 1.29 is 17.9 Å². The molecule has 6 nitrogen and oxygen atoms in total. The normalized spacial score (nSPS) is 11.7. The third kappa shape index (κ3) is 6.17. The first-order valence-corrected chi connectivity index (χ1v) is 11.2. The molecule has 2 aromatic rings. The summed E-state index contributed by atoms with van der Waals surface area (Å²) in [7, 11) is -2.42. The van der Waals surface area contributed by atoms with E-state index >= 15 is 0 Å². The molecule has 0 aliphatic heterocycles. The number of para-hydroxylation sites is 1. The third-order valence-corrected chi connectivity index (χ3v) is 6.93. The molecule has 0 saturated carbocycles. The fraction of sp³-hybridized carbons (Fsp3) is 0.350. The Kier molecular flexibility index (Phi) is 8.48. The van der Waals surface area contributed by atoms with Crippen molar-refractivity contribution in [1.29, 1.82) is 0 Å². The molecule has 2 rings (SSSR count). The summed E-state index contributed by atoms with van der Waals surface area (Å²) in [5.74, 6) is -0.427. The van der Waals surface area contributed by atoms with Crippen LogP contribution in [0.3, 0.4) is 0 Å². The van der Waals surface area contributed by atoms with Crippen molar-refractivity contribution in [2.75, 3.05) is 32.1 Å². The van der Waals surface area contributed by atoms with Gasteiger partial charge in [-0.25, -0.2) is 8.42 Å². The first-order chi connectivity index (χ1) is 13.7. The van der Waals surface area contributed by atoms with Gasteiger partial charge >= 0.3 is 0 Å². The molecule has 0 unspecified atom stereocenters. The number of aryl methyl sites for hydroxylation is 2. The molecule has 0 radical (unpaired) electrons. The van der Waals surface area contributed by atoms with Crippen LogP contribution in [0, 0.1) is 13.8 Å². The molecule has 0 spiro atoms. The maximum absolute atomic E-state index is 13.1. The van der Waals surface area contributed by atoms with E-state index in [2.05, 4.69) is 5.32 Å². The molecule has 0 aliphatic rings. The molecule has 0 saturated heterocycles. The number of nitrogens with one attached hydrogen (secondary N) is 1. The van der Waals surface area contributed by atoms with Gasteiger partial charge in [0.1, 0.15) is 0 Å². The molecular formula is C20H24Cl2N2O4S. The highest BCUT2D eigenvalue weighted by Gasteiger charge is 2.27. The fourth-order valence-corrected chi connectivity index (χ4v) is 4.63. The van der Waals surface area contributed by atoms with Gasteiger partial charge < -0.3 is 10.1 Å². The number of ether oxygens (including phenoxy) is 1. The van der Waals surface area contributed by atoms with Gasteiger partial charge in [-0.3, -0.25) is 4.79 Å². The highest BCUT2D eigenvalue weighted by atomic mass is 35.5. The first-order valence-electron chi connectivity index (χ1n) is 8.97. The summed E-state index contributed by atoms with van der Waals surface area (Å²) >= 11 is 11.9. The molecule has 0 atom stereocenters. The van der Waals surface area contributed by atoms with Gasteiger partial charge in [-0.15, -0.1) is 0 Å². The number of nitrogens with zero attached hydrogens (tertiary/aromatic N) is 1. The Labute approximate surface area is 181 Å². The van der Waals surface area contributed by atoms with E-state index in [9.17, 15) is 13.2 Å². The minimum atomic E-state index is -3.95. The molecule has 0 heterocycles. The Bertz CT molecular complexity index is 960. The molecule has 0 bridgehead atoms. The number of carbonyl (C=O) groups is 1. The average molecular weight is 459 g/mol. The molecular weight excluding hydrogens is 435 g/mol. The van der Waals surface area contributed by atoms with Crippen molar-refractivity contribution in [2.24, 2.45) is 0 Å². The second-order valence-electron chi connectivity index (χ2n) is 6.58. The molecule has 158 valence electrons. The van der Waals surface area contributed by atoms with E-state index in [-0.39, 0.29) is 28.0 Å². The van der Waals surface area contributed by atoms with Crippen molar-refractivity contribution in [1.82, 2.24) is 4.31 Å². The summed E-state index contributed by atoms with van der Waals surface area (Å²) in [5, 5.41) is 3.20. The molecule has 1 amide bonds. The maximum Gasteiger partial charge on any atom is 0.243 e. The number of methoxy groups -OCH3 is 1. The van der Waals surface area contributed by atoms with Gasteiger partial charge in [0, 0.05) is 25.9 Å². The Morgan fingerprint density at radius 1 is 1.10 bits per heavy atom. The quantitative estimate of drug-likeness (QED) is 0.568. The van der Waals surface area contributed by atoms with Crippen LogP contribution < -0.4 is 5.32 Å². The topological polar surface area (TPSA) is 75.7 Å². The van der Waals surface area contributed by atoms with Crippen molar-refractivity contribution in [3.63, 3.8) is 0 Å².